The predicted molar refractivity (Wildman–Crippen MR) is 155 cm³/mol. The van der Waals surface area contributed by atoms with Gasteiger partial charge in [-0.15, -0.1) is 0 Å². The summed E-state index contributed by atoms with van der Waals surface area (Å²) in [5.74, 6) is -8.24. The first-order chi connectivity index (χ1) is 23.2. The van der Waals surface area contributed by atoms with Crippen molar-refractivity contribution in [3.05, 3.63) is 29.8 Å². The summed E-state index contributed by atoms with van der Waals surface area (Å²) in [6.45, 7) is 6.12. The van der Waals surface area contributed by atoms with E-state index in [1.807, 2.05) is 32.9 Å². The largest absolute Gasteiger partial charge is 0.467 e. The zero-order valence-corrected chi connectivity index (χ0v) is 27.6. The van der Waals surface area contributed by atoms with Gasteiger partial charge in [0.1, 0.15) is 10.8 Å². The standard InChI is InChI=1S/C34H33NO14/c1-28(2,3)12-8-10-13(11-9-12)35-22(36)29-18-14-15(32(25(39)43-5)31(14,48-32)24(38)42-4)19(46-18)30(29,23(35)37)21-17-16(20(29)47-21)33(26(40)44-6)34(17,49-33)27(41)45-7/h8-11,14-21H,1-7H3/t14-,15+,16+,17-,18-,19+,20+,21-,29?,30?,31+,32-,33-,34+. The van der Waals surface area contributed by atoms with Crippen LogP contribution in [0.1, 0.15) is 26.3 Å². The third-order valence-corrected chi connectivity index (χ3v) is 13.7. The van der Waals surface area contributed by atoms with E-state index in [9.17, 15) is 19.2 Å². The fraction of sp³-hybridized carbons (Fsp3) is 0.647. The highest BCUT2D eigenvalue weighted by Gasteiger charge is 3.12. The molecule has 15 heteroatoms. The van der Waals surface area contributed by atoms with Crippen molar-refractivity contribution in [2.24, 2.45) is 34.5 Å². The Bertz CT molecular complexity index is 1700. The molecule has 2 unspecified atom stereocenters. The first-order valence-electron chi connectivity index (χ1n) is 16.2. The number of nitrogens with zero attached hydrogens (tertiary/aromatic N) is 1. The number of carbonyl (C=O) groups is 6. The molecule has 15 nitrogen and oxygen atoms in total. The smallest absolute Gasteiger partial charge is 0.342 e. The Kier molecular flexibility index (Phi) is 4.89. The molecule has 2 amide bonds. The van der Waals surface area contributed by atoms with Gasteiger partial charge < -0.3 is 37.9 Å². The number of anilines is 1. The molecule has 49 heavy (non-hydrogen) atoms. The van der Waals surface area contributed by atoms with Gasteiger partial charge in [-0.1, -0.05) is 32.9 Å². The average Bonchev–Trinajstić information content (AvgIpc) is 3.42. The summed E-state index contributed by atoms with van der Waals surface area (Å²) < 4.78 is 46.0. The van der Waals surface area contributed by atoms with Crippen LogP contribution in [-0.4, -0.2) is 111 Å². The molecule has 4 bridgehead atoms. The molecule has 9 fully saturated rings. The molecule has 9 aliphatic rings. The second-order valence-electron chi connectivity index (χ2n) is 15.7. The molecule has 2 aliphatic carbocycles. The van der Waals surface area contributed by atoms with Gasteiger partial charge in [0.15, 0.2) is 0 Å². The molecule has 0 spiro atoms. The highest BCUT2D eigenvalue weighted by Crippen LogP contribution is 2.92. The molecule has 14 atom stereocenters. The normalized spacial score (nSPS) is 50.5. The van der Waals surface area contributed by atoms with E-state index in [1.165, 1.54) is 0 Å². The number of methoxy groups -OCH3 is 4. The second kappa shape index (κ2) is 8.01. The summed E-state index contributed by atoms with van der Waals surface area (Å²) >= 11 is 0. The van der Waals surface area contributed by atoms with Crippen LogP contribution in [0.2, 0.25) is 0 Å². The van der Waals surface area contributed by atoms with Crippen LogP contribution in [0.5, 0.6) is 0 Å². The Labute approximate surface area is 278 Å². The van der Waals surface area contributed by atoms with E-state index in [0.717, 1.165) is 38.9 Å². The van der Waals surface area contributed by atoms with Gasteiger partial charge in [0.25, 0.3) is 0 Å². The number of amides is 2. The third-order valence-electron chi connectivity index (χ3n) is 13.7. The van der Waals surface area contributed by atoms with Crippen molar-refractivity contribution >= 4 is 41.4 Å². The van der Waals surface area contributed by atoms with E-state index in [1.54, 1.807) is 12.1 Å². The van der Waals surface area contributed by atoms with Crippen LogP contribution in [0.15, 0.2) is 24.3 Å². The fourth-order valence-corrected chi connectivity index (χ4v) is 12.2. The molecule has 1 aromatic carbocycles. The molecule has 2 saturated carbocycles. The number of fused-ring (bicyclic) bond motifs is 16. The van der Waals surface area contributed by atoms with E-state index < -0.39 is 117 Å². The first kappa shape index (κ1) is 29.9. The number of benzene rings is 1. The minimum Gasteiger partial charge on any atom is -0.467 e. The van der Waals surface area contributed by atoms with E-state index in [0.29, 0.717) is 5.69 Å². The molecule has 7 aliphatic heterocycles. The van der Waals surface area contributed by atoms with Crippen LogP contribution in [0.3, 0.4) is 0 Å². The SMILES string of the molecule is COC(=O)[C@]12O[C@@]1(C(=O)OC)[C@H]1[C@@H]2[C@H]2O[C@@H]1C13C(=O)N(c4ccc(C(C)(C)C)cc4)C(=O)C21[C@H]1O[C@@H]3[C@H]2[C@@H]1[C@]1(C(=O)OC)O[C@]21C(=O)OC. The molecular formula is C34H33NO14. The van der Waals surface area contributed by atoms with Crippen molar-refractivity contribution in [1.29, 1.82) is 0 Å². The molecule has 258 valence electrons. The highest BCUT2D eigenvalue weighted by atomic mass is 16.7. The van der Waals surface area contributed by atoms with Crippen LogP contribution in [0, 0.1) is 34.5 Å². The van der Waals surface area contributed by atoms with Crippen molar-refractivity contribution in [3.63, 3.8) is 0 Å². The second-order valence-corrected chi connectivity index (χ2v) is 15.7. The number of hydrogen-bond donors (Lipinski definition) is 0. The Morgan fingerprint density at radius 2 is 0.898 bits per heavy atom. The van der Waals surface area contributed by atoms with E-state index in [2.05, 4.69) is 0 Å². The molecule has 10 rings (SSSR count). The number of hydrogen-bond acceptors (Lipinski definition) is 14. The number of ether oxygens (including phenoxy) is 8. The lowest BCUT2D eigenvalue weighted by molar-refractivity contribution is -0.184. The van der Waals surface area contributed by atoms with Crippen LogP contribution in [0.25, 0.3) is 0 Å². The number of rotatable bonds is 5. The van der Waals surface area contributed by atoms with Crippen molar-refractivity contribution < 1.29 is 66.7 Å². The minimum atomic E-state index is -1.82. The predicted octanol–water partition coefficient (Wildman–Crippen LogP) is -0.408. The van der Waals surface area contributed by atoms with E-state index in [-0.39, 0.29) is 5.41 Å². The quantitative estimate of drug-likeness (QED) is 0.169. The number of epoxide rings is 2. The van der Waals surface area contributed by atoms with Gasteiger partial charge in [-0.25, -0.2) is 24.1 Å². The van der Waals surface area contributed by atoms with E-state index >= 15 is 9.59 Å². The van der Waals surface area contributed by atoms with Gasteiger partial charge in [0.05, 0.1) is 58.5 Å². The molecule has 0 aromatic heterocycles. The molecular weight excluding hydrogens is 646 g/mol. The fourth-order valence-electron chi connectivity index (χ4n) is 12.2. The number of imide groups is 1. The number of carbonyl (C=O) groups excluding carboxylic acids is 6. The summed E-state index contributed by atoms with van der Waals surface area (Å²) in [5.41, 5.74) is -9.80. The lowest BCUT2D eigenvalue weighted by atomic mass is 9.34. The Morgan fingerprint density at radius 1 is 0.592 bits per heavy atom. The van der Waals surface area contributed by atoms with Crippen molar-refractivity contribution in [2.75, 3.05) is 33.3 Å². The Hall–Kier alpha value is -3.92. The van der Waals surface area contributed by atoms with Crippen molar-refractivity contribution in [2.45, 2.75) is 73.0 Å². The monoisotopic (exact) mass is 679 g/mol. The van der Waals surface area contributed by atoms with Crippen molar-refractivity contribution in [1.82, 2.24) is 0 Å². The maximum Gasteiger partial charge on any atom is 0.342 e. The summed E-state index contributed by atoms with van der Waals surface area (Å²) in [5, 5.41) is 0. The van der Waals surface area contributed by atoms with E-state index in [4.69, 9.17) is 37.9 Å². The Balaban J connectivity index is 1.19. The van der Waals surface area contributed by atoms with Crippen LogP contribution in [0.4, 0.5) is 5.69 Å². The van der Waals surface area contributed by atoms with Gasteiger partial charge in [-0.3, -0.25) is 9.59 Å². The lowest BCUT2D eigenvalue weighted by Crippen LogP contribution is -2.80. The van der Waals surface area contributed by atoms with Gasteiger partial charge >= 0.3 is 23.9 Å². The Morgan fingerprint density at radius 3 is 1.16 bits per heavy atom. The topological polar surface area (TPSA) is 186 Å². The molecule has 0 N–H and O–H groups in total. The molecule has 0 radical (unpaired) electrons. The van der Waals surface area contributed by atoms with Gasteiger partial charge in [-0.05, 0) is 23.1 Å². The maximum atomic E-state index is 15.3. The molecule has 1 aromatic rings. The summed E-state index contributed by atoms with van der Waals surface area (Å²) in [6.07, 6.45) is -4.74. The summed E-state index contributed by atoms with van der Waals surface area (Å²) in [7, 11) is 4.65. The van der Waals surface area contributed by atoms with Crippen LogP contribution in [-0.2, 0) is 72.1 Å². The van der Waals surface area contributed by atoms with Crippen molar-refractivity contribution in [3.8, 4) is 0 Å². The third kappa shape index (κ3) is 2.33. The zero-order chi connectivity index (χ0) is 34.8. The first-order valence-corrected chi connectivity index (χ1v) is 16.2. The number of esters is 4. The van der Waals surface area contributed by atoms with Gasteiger partial charge in [0, 0.05) is 23.7 Å². The molecule has 7 saturated heterocycles. The van der Waals surface area contributed by atoms with Crippen LogP contribution < -0.4 is 4.90 Å². The van der Waals surface area contributed by atoms with Gasteiger partial charge in [-0.2, -0.15) is 0 Å². The summed E-state index contributed by atoms with van der Waals surface area (Å²) in [4.78, 5) is 85.7. The maximum absolute atomic E-state index is 15.3. The summed E-state index contributed by atoms with van der Waals surface area (Å²) in [6, 6.07) is 7.10. The average molecular weight is 680 g/mol. The van der Waals surface area contributed by atoms with Crippen LogP contribution >= 0.6 is 0 Å². The zero-order valence-electron chi connectivity index (χ0n) is 27.6. The van der Waals surface area contributed by atoms with Gasteiger partial charge in [0.2, 0.25) is 34.2 Å². The molecule has 7 heterocycles. The lowest BCUT2D eigenvalue weighted by Gasteiger charge is -2.58. The highest BCUT2D eigenvalue weighted by molar-refractivity contribution is 6.28. The minimum absolute atomic E-state index is 0.211.